The van der Waals surface area contributed by atoms with Crippen LogP contribution in [0.5, 0.6) is 17.2 Å². The molecule has 1 aromatic carbocycles. The van der Waals surface area contributed by atoms with Crippen LogP contribution in [0.25, 0.3) is 0 Å². The molecule has 3 aliphatic carbocycles. The van der Waals surface area contributed by atoms with Gasteiger partial charge in [-0.05, 0) is 30.4 Å². The molecule has 0 saturated heterocycles. The summed E-state index contributed by atoms with van der Waals surface area (Å²) in [4.78, 5) is 11.6. The summed E-state index contributed by atoms with van der Waals surface area (Å²) in [5.74, 6) is 1.58. The molecule has 3 atom stereocenters. The van der Waals surface area contributed by atoms with Crippen molar-refractivity contribution in [3.05, 3.63) is 90.6 Å². The molecule has 0 heterocycles. The molecule has 0 saturated carbocycles. The predicted molar refractivity (Wildman–Crippen MR) is 114 cm³/mol. The van der Waals surface area contributed by atoms with Crippen molar-refractivity contribution < 1.29 is 19.0 Å². The minimum atomic E-state index is -0.115. The highest BCUT2D eigenvalue weighted by atomic mass is 16.6. The lowest BCUT2D eigenvalue weighted by Gasteiger charge is -2.25. The van der Waals surface area contributed by atoms with Crippen molar-refractivity contribution in [2.75, 3.05) is 0 Å². The first-order valence-corrected chi connectivity index (χ1v) is 9.95. The minimum Gasteiger partial charge on any atom is -0.482 e. The Morgan fingerprint density at radius 2 is 1.10 bits per heavy atom. The number of ether oxygens (including phenoxy) is 3. The Hall–Kier alpha value is -3.27. The summed E-state index contributed by atoms with van der Waals surface area (Å²) < 4.78 is 18.8. The first kappa shape index (κ1) is 19.1. The molecule has 148 valence electrons. The zero-order valence-corrected chi connectivity index (χ0v) is 16.1. The van der Waals surface area contributed by atoms with Crippen LogP contribution < -0.4 is 14.2 Å². The van der Waals surface area contributed by atoms with Crippen molar-refractivity contribution >= 4 is 6.29 Å². The fourth-order valence-electron chi connectivity index (χ4n) is 3.37. The van der Waals surface area contributed by atoms with Crippen molar-refractivity contribution in [2.45, 2.75) is 37.6 Å². The van der Waals surface area contributed by atoms with E-state index in [1.54, 1.807) is 12.1 Å². The van der Waals surface area contributed by atoms with Gasteiger partial charge in [0, 0.05) is 24.8 Å². The second-order valence-electron chi connectivity index (χ2n) is 7.08. The van der Waals surface area contributed by atoms with E-state index in [1.807, 2.05) is 54.7 Å². The number of hydrogen-bond acceptors (Lipinski definition) is 4. The highest BCUT2D eigenvalue weighted by Crippen LogP contribution is 2.41. The summed E-state index contributed by atoms with van der Waals surface area (Å²) in [6, 6.07) is 3.45. The number of rotatable bonds is 7. The predicted octanol–water partition coefficient (Wildman–Crippen LogP) is 5.29. The number of carbonyl (C=O) groups excluding carboxylic acids is 1. The molecule has 4 heteroatoms. The van der Waals surface area contributed by atoms with Gasteiger partial charge in [0.25, 0.3) is 0 Å². The van der Waals surface area contributed by atoms with Crippen LogP contribution in [0, 0.1) is 0 Å². The topological polar surface area (TPSA) is 44.8 Å². The lowest BCUT2D eigenvalue weighted by molar-refractivity contribution is 0.112. The van der Waals surface area contributed by atoms with Gasteiger partial charge in [0.05, 0.1) is 0 Å². The first-order chi connectivity index (χ1) is 14.3. The third-order valence-corrected chi connectivity index (χ3v) is 4.83. The number of allylic oxidation sites excluding steroid dienone is 6. The van der Waals surface area contributed by atoms with Gasteiger partial charge in [-0.2, -0.15) is 0 Å². The van der Waals surface area contributed by atoms with Crippen LogP contribution >= 0.6 is 0 Å². The molecule has 0 radical (unpaired) electrons. The molecule has 0 N–H and O–H groups in total. The van der Waals surface area contributed by atoms with Crippen molar-refractivity contribution in [1.29, 1.82) is 0 Å². The number of hydrogen-bond donors (Lipinski definition) is 0. The third-order valence-electron chi connectivity index (χ3n) is 4.83. The number of aldehydes is 1. The van der Waals surface area contributed by atoms with Gasteiger partial charge in [-0.15, -0.1) is 0 Å². The normalized spacial score (nSPS) is 24.5. The van der Waals surface area contributed by atoms with E-state index < -0.39 is 0 Å². The molecule has 0 aliphatic heterocycles. The summed E-state index contributed by atoms with van der Waals surface area (Å²) in [5, 5.41) is 0. The highest BCUT2D eigenvalue weighted by molar-refractivity contribution is 5.78. The minimum absolute atomic E-state index is 0.114. The molecule has 0 fully saturated rings. The Kier molecular flexibility index (Phi) is 6.10. The van der Waals surface area contributed by atoms with Crippen LogP contribution in [-0.2, 0) is 0 Å². The number of benzene rings is 1. The van der Waals surface area contributed by atoms with Crippen LogP contribution in [0.4, 0.5) is 0 Å². The summed E-state index contributed by atoms with van der Waals surface area (Å²) in [5.41, 5.74) is 0.493. The fraction of sp³-hybridized carbons (Fsp3) is 0.240. The van der Waals surface area contributed by atoms with Crippen LogP contribution in [0.3, 0.4) is 0 Å². The molecule has 0 amide bonds. The van der Waals surface area contributed by atoms with Gasteiger partial charge in [-0.25, -0.2) is 0 Å². The zero-order valence-electron chi connectivity index (χ0n) is 16.1. The zero-order chi connectivity index (χ0) is 19.9. The summed E-state index contributed by atoms with van der Waals surface area (Å²) >= 11 is 0. The Labute approximate surface area is 171 Å². The molecule has 0 bridgehead atoms. The van der Waals surface area contributed by atoms with E-state index in [0.717, 1.165) is 25.5 Å². The quantitative estimate of drug-likeness (QED) is 0.596. The highest BCUT2D eigenvalue weighted by Gasteiger charge is 2.23. The first-order valence-electron chi connectivity index (χ1n) is 9.95. The third kappa shape index (κ3) is 4.96. The summed E-state index contributed by atoms with van der Waals surface area (Å²) in [6.07, 6.45) is 26.8. The van der Waals surface area contributed by atoms with Crippen molar-refractivity contribution in [1.82, 2.24) is 0 Å². The van der Waals surface area contributed by atoms with Gasteiger partial charge in [-0.1, -0.05) is 54.7 Å². The van der Waals surface area contributed by atoms with Gasteiger partial charge >= 0.3 is 0 Å². The average Bonchev–Trinajstić information content (AvgIpc) is 2.78. The van der Waals surface area contributed by atoms with E-state index in [-0.39, 0.29) is 18.3 Å². The molecule has 3 unspecified atom stereocenters. The van der Waals surface area contributed by atoms with Gasteiger partial charge in [0.1, 0.15) is 24.6 Å². The molecule has 4 rings (SSSR count). The lowest BCUT2D eigenvalue weighted by Crippen LogP contribution is -2.20. The van der Waals surface area contributed by atoms with Gasteiger partial charge in [0.2, 0.25) is 5.75 Å². The van der Waals surface area contributed by atoms with E-state index in [1.165, 1.54) is 0 Å². The Balaban J connectivity index is 1.67. The van der Waals surface area contributed by atoms with Crippen molar-refractivity contribution in [3.8, 4) is 17.2 Å². The molecule has 4 nitrogen and oxygen atoms in total. The fourth-order valence-corrected chi connectivity index (χ4v) is 3.37. The maximum absolute atomic E-state index is 11.6. The van der Waals surface area contributed by atoms with Gasteiger partial charge in [-0.3, -0.25) is 4.79 Å². The summed E-state index contributed by atoms with van der Waals surface area (Å²) in [6.45, 7) is 0. The molecule has 0 aromatic heterocycles. The molecule has 0 spiro atoms. The lowest BCUT2D eigenvalue weighted by atomic mass is 10.1. The van der Waals surface area contributed by atoms with E-state index in [9.17, 15) is 4.79 Å². The maximum Gasteiger partial charge on any atom is 0.204 e. The van der Waals surface area contributed by atoms with E-state index in [2.05, 4.69) is 18.2 Å². The smallest absolute Gasteiger partial charge is 0.204 e. The standard InChI is InChI=1S/C25H24O4/c26-18-19-16-23(27-20-10-4-1-5-11-20)25(29-22-14-8-3-9-15-22)24(17-19)28-21-12-6-2-7-13-21/h1-10,12,14,16-18,20-22H,11,13,15H2. The van der Waals surface area contributed by atoms with Crippen molar-refractivity contribution in [3.63, 3.8) is 0 Å². The molecule has 3 aliphatic rings. The second-order valence-corrected chi connectivity index (χ2v) is 7.08. The molecule has 29 heavy (non-hydrogen) atoms. The Bertz CT molecular complexity index is 864. The maximum atomic E-state index is 11.6. The summed E-state index contributed by atoms with van der Waals surface area (Å²) in [7, 11) is 0. The van der Waals surface area contributed by atoms with Crippen LogP contribution in [-0.4, -0.2) is 24.6 Å². The van der Waals surface area contributed by atoms with Gasteiger partial charge in [0.15, 0.2) is 11.5 Å². The second kappa shape index (κ2) is 9.28. The van der Waals surface area contributed by atoms with E-state index in [4.69, 9.17) is 14.2 Å². The molecular formula is C25H24O4. The van der Waals surface area contributed by atoms with Gasteiger partial charge < -0.3 is 14.2 Å². The Morgan fingerprint density at radius 1 is 0.655 bits per heavy atom. The Morgan fingerprint density at radius 3 is 1.48 bits per heavy atom. The SMILES string of the molecule is O=Cc1cc(OC2C=CC=CC2)c(OC2C=CC=CC2)c(OC2C=CC=CC2)c1. The van der Waals surface area contributed by atoms with Crippen LogP contribution in [0.15, 0.2) is 85.0 Å². The largest absolute Gasteiger partial charge is 0.482 e. The van der Waals surface area contributed by atoms with E-state index in [0.29, 0.717) is 22.8 Å². The average molecular weight is 388 g/mol. The molecule has 1 aromatic rings. The van der Waals surface area contributed by atoms with E-state index >= 15 is 0 Å². The number of carbonyl (C=O) groups is 1. The molecular weight excluding hydrogens is 364 g/mol. The monoisotopic (exact) mass is 388 g/mol. The van der Waals surface area contributed by atoms with Crippen molar-refractivity contribution in [2.24, 2.45) is 0 Å². The van der Waals surface area contributed by atoms with Crippen LogP contribution in [0.2, 0.25) is 0 Å². The van der Waals surface area contributed by atoms with Crippen LogP contribution in [0.1, 0.15) is 29.6 Å².